The predicted molar refractivity (Wildman–Crippen MR) is 106 cm³/mol. The Morgan fingerprint density at radius 1 is 0.870 bits per heavy atom. The van der Waals surface area contributed by atoms with E-state index in [0.717, 1.165) is 52.1 Å². The number of nitrogens with zero attached hydrogens (tertiary/aromatic N) is 4. The summed E-state index contributed by atoms with van der Waals surface area (Å²) in [6.45, 7) is 13.8. The highest BCUT2D eigenvalue weighted by Crippen LogP contribution is 2.25. The summed E-state index contributed by atoms with van der Waals surface area (Å²) in [7, 11) is 6.32. The average molecular weight is 367 g/mol. The van der Waals surface area contributed by atoms with Crippen LogP contribution >= 0.6 is 11.9 Å². The monoisotopic (exact) mass is 366 g/mol. The van der Waals surface area contributed by atoms with Crippen LogP contribution in [0, 0.1) is 0 Å². The Bertz CT molecular complexity index is 302. The van der Waals surface area contributed by atoms with Gasteiger partial charge >= 0.3 is 0 Å². The van der Waals surface area contributed by atoms with Gasteiger partial charge in [0.25, 0.3) is 0 Å². The molecule has 0 aromatic heterocycles. The second-order valence-electron chi connectivity index (χ2n) is 5.51. The minimum Gasteiger partial charge on any atom is -0.304 e. The fourth-order valence-electron chi connectivity index (χ4n) is 2.50. The van der Waals surface area contributed by atoms with Gasteiger partial charge in [0.05, 0.1) is 0 Å². The van der Waals surface area contributed by atoms with E-state index in [1.165, 1.54) is 0 Å². The summed E-state index contributed by atoms with van der Waals surface area (Å²) in [5.41, 5.74) is 0. The van der Waals surface area contributed by atoms with Crippen molar-refractivity contribution in [3.63, 3.8) is 0 Å². The molecule has 23 heavy (non-hydrogen) atoms. The van der Waals surface area contributed by atoms with E-state index in [0.29, 0.717) is 5.25 Å². The van der Waals surface area contributed by atoms with Gasteiger partial charge < -0.3 is 4.90 Å². The molecule has 0 aliphatic carbocycles. The van der Waals surface area contributed by atoms with Crippen LogP contribution in [-0.2, 0) is 11.2 Å². The molecule has 2 aliphatic rings. The molecule has 5 nitrogen and oxygen atoms in total. The minimum atomic E-state index is -0.918. The van der Waals surface area contributed by atoms with Gasteiger partial charge in [0.2, 0.25) is 0 Å². The number of piperidine rings is 1. The maximum absolute atomic E-state index is 12.5. The smallest absolute Gasteiger partial charge is 0.172 e. The van der Waals surface area contributed by atoms with E-state index < -0.39 is 11.2 Å². The van der Waals surface area contributed by atoms with Gasteiger partial charge in [0.1, 0.15) is 0 Å². The van der Waals surface area contributed by atoms with Gasteiger partial charge in [-0.25, -0.2) is 12.8 Å². The lowest BCUT2D eigenvalue weighted by Crippen LogP contribution is -2.50. The Kier molecular flexibility index (Phi) is 13.8. The highest BCUT2D eigenvalue weighted by Gasteiger charge is 2.28. The molecule has 0 N–H and O–H groups in total. The first-order valence-electron chi connectivity index (χ1n) is 9.01. The molecule has 0 aromatic carbocycles. The second kappa shape index (κ2) is 13.6. The molecule has 0 aromatic rings. The zero-order chi connectivity index (χ0) is 17.8. The van der Waals surface area contributed by atoms with Gasteiger partial charge in [-0.05, 0) is 34.0 Å². The third-order valence-corrected chi connectivity index (χ3v) is 6.47. The zero-order valence-corrected chi connectivity index (χ0v) is 17.9. The van der Waals surface area contributed by atoms with Gasteiger partial charge in [-0.3, -0.25) is 4.31 Å². The van der Waals surface area contributed by atoms with E-state index in [2.05, 4.69) is 39.0 Å². The molecule has 2 heterocycles. The SMILES string of the molecule is CC.CC.CN1CCN(S(=O)N2CCC(SN(C)C)CC2)CC1. The van der Waals surface area contributed by atoms with E-state index in [1.54, 1.807) is 0 Å². The first-order valence-corrected chi connectivity index (χ1v) is 10.9. The fourth-order valence-corrected chi connectivity index (χ4v) is 4.84. The number of piperazine rings is 1. The average Bonchev–Trinajstić information content (AvgIpc) is 2.59. The van der Waals surface area contributed by atoms with E-state index >= 15 is 0 Å². The molecule has 2 aliphatic heterocycles. The standard InChI is InChI=1S/C12H26N4OS2.2C2H6/c1-13(2)18-12-4-6-15(7-5-12)19(17)16-10-8-14(3)9-11-16;2*1-2/h12H,4-11H2,1-3H3;2*1-2H3. The summed E-state index contributed by atoms with van der Waals surface area (Å²) in [6, 6.07) is 0. The largest absolute Gasteiger partial charge is 0.304 e. The highest BCUT2D eigenvalue weighted by molar-refractivity contribution is 7.97. The summed E-state index contributed by atoms with van der Waals surface area (Å²) in [5.74, 6) is 0. The lowest BCUT2D eigenvalue weighted by molar-refractivity contribution is 0.218. The third-order valence-electron chi connectivity index (χ3n) is 3.66. The number of hydrogen-bond donors (Lipinski definition) is 0. The maximum atomic E-state index is 12.5. The van der Waals surface area contributed by atoms with Crippen LogP contribution in [0.4, 0.5) is 0 Å². The van der Waals surface area contributed by atoms with Crippen molar-refractivity contribution in [2.75, 3.05) is 60.4 Å². The van der Waals surface area contributed by atoms with Crippen molar-refractivity contribution in [2.24, 2.45) is 0 Å². The quantitative estimate of drug-likeness (QED) is 0.715. The van der Waals surface area contributed by atoms with Crippen molar-refractivity contribution < 1.29 is 4.21 Å². The van der Waals surface area contributed by atoms with Gasteiger partial charge in [-0.15, -0.1) is 0 Å². The van der Waals surface area contributed by atoms with Crippen molar-refractivity contribution in [3.8, 4) is 0 Å². The Balaban J connectivity index is 0.00000112. The molecule has 7 heteroatoms. The molecule has 0 bridgehead atoms. The van der Waals surface area contributed by atoms with Crippen molar-refractivity contribution in [1.82, 2.24) is 17.8 Å². The summed E-state index contributed by atoms with van der Waals surface area (Å²) in [4.78, 5) is 2.30. The van der Waals surface area contributed by atoms with Gasteiger partial charge in [0, 0.05) is 44.5 Å². The van der Waals surface area contributed by atoms with E-state index in [-0.39, 0.29) is 0 Å². The highest BCUT2D eigenvalue weighted by atomic mass is 32.2. The zero-order valence-electron chi connectivity index (χ0n) is 16.2. The minimum absolute atomic E-state index is 0.690. The van der Waals surface area contributed by atoms with Crippen LogP contribution in [0.1, 0.15) is 40.5 Å². The Morgan fingerprint density at radius 2 is 1.30 bits per heavy atom. The normalized spacial score (nSPS) is 22.8. The van der Waals surface area contributed by atoms with Crippen LogP contribution in [0.2, 0.25) is 0 Å². The van der Waals surface area contributed by atoms with E-state index in [9.17, 15) is 4.21 Å². The van der Waals surface area contributed by atoms with Gasteiger partial charge in [0.15, 0.2) is 11.2 Å². The van der Waals surface area contributed by atoms with E-state index in [1.807, 2.05) is 39.6 Å². The molecule has 1 atom stereocenters. The van der Waals surface area contributed by atoms with Crippen LogP contribution in [0.5, 0.6) is 0 Å². The lowest BCUT2D eigenvalue weighted by Gasteiger charge is -2.37. The molecular weight excluding hydrogens is 328 g/mol. The van der Waals surface area contributed by atoms with Gasteiger partial charge in [-0.2, -0.15) is 0 Å². The fraction of sp³-hybridized carbons (Fsp3) is 1.00. The van der Waals surface area contributed by atoms with Crippen LogP contribution in [0.15, 0.2) is 0 Å². The Hall–Kier alpha value is 0.340. The van der Waals surface area contributed by atoms with Crippen LogP contribution in [0.25, 0.3) is 0 Å². The summed E-state index contributed by atoms with van der Waals surface area (Å²) in [5, 5.41) is 0.690. The molecular formula is C16H38N4OS2. The number of hydrogen-bond acceptors (Lipinski definition) is 4. The molecule has 1 unspecified atom stereocenters. The van der Waals surface area contributed by atoms with Crippen LogP contribution in [-0.4, -0.2) is 87.7 Å². The lowest BCUT2D eigenvalue weighted by atomic mass is 10.2. The molecule has 2 fully saturated rings. The molecule has 0 saturated carbocycles. The van der Waals surface area contributed by atoms with Crippen LogP contribution < -0.4 is 0 Å². The van der Waals surface area contributed by atoms with Gasteiger partial charge in [-0.1, -0.05) is 39.6 Å². The first kappa shape index (κ1) is 23.3. The molecule has 0 spiro atoms. The topological polar surface area (TPSA) is 30.0 Å². The molecule has 0 amide bonds. The Labute approximate surface area is 151 Å². The maximum Gasteiger partial charge on any atom is 0.172 e. The first-order chi connectivity index (χ1) is 11.1. The second-order valence-corrected chi connectivity index (χ2v) is 8.61. The molecule has 140 valence electrons. The van der Waals surface area contributed by atoms with Crippen molar-refractivity contribution in [3.05, 3.63) is 0 Å². The summed E-state index contributed by atoms with van der Waals surface area (Å²) < 4.78 is 19.0. The van der Waals surface area contributed by atoms with Crippen molar-refractivity contribution in [1.29, 1.82) is 0 Å². The Morgan fingerprint density at radius 3 is 1.74 bits per heavy atom. The molecule has 2 rings (SSSR count). The molecule has 0 radical (unpaired) electrons. The van der Waals surface area contributed by atoms with Crippen LogP contribution in [0.3, 0.4) is 0 Å². The third kappa shape index (κ3) is 8.84. The van der Waals surface area contributed by atoms with Crippen molar-refractivity contribution in [2.45, 2.75) is 45.8 Å². The number of rotatable bonds is 4. The predicted octanol–water partition coefficient (Wildman–Crippen LogP) is 2.54. The van der Waals surface area contributed by atoms with E-state index in [4.69, 9.17) is 0 Å². The summed E-state index contributed by atoms with van der Waals surface area (Å²) >= 11 is 0.994. The summed E-state index contributed by atoms with van der Waals surface area (Å²) in [6.07, 6.45) is 2.28. The van der Waals surface area contributed by atoms with Crippen molar-refractivity contribution >= 4 is 23.1 Å². The number of likely N-dealkylation sites (N-methyl/N-ethyl adjacent to an activating group) is 1. The molecule has 2 saturated heterocycles.